The average molecular weight is 269 g/mol. The standard InChI is InChI=1S/C17H35NO/c1-4-6-11-15(5-2)14-19-17-13-10-8-7-9-12-16(17)18-3/h15-18H,4-14H2,1-3H3. The molecular formula is C17H35NO. The Morgan fingerprint density at radius 3 is 2.47 bits per heavy atom. The van der Waals surface area contributed by atoms with Gasteiger partial charge in [0.2, 0.25) is 0 Å². The number of rotatable bonds is 8. The van der Waals surface area contributed by atoms with Gasteiger partial charge in [-0.2, -0.15) is 0 Å². The zero-order valence-corrected chi connectivity index (χ0v) is 13.4. The van der Waals surface area contributed by atoms with Crippen LogP contribution in [-0.2, 0) is 4.74 Å². The maximum absolute atomic E-state index is 6.31. The normalized spacial score (nSPS) is 26.7. The van der Waals surface area contributed by atoms with Crippen LogP contribution >= 0.6 is 0 Å². The topological polar surface area (TPSA) is 21.3 Å². The van der Waals surface area contributed by atoms with Gasteiger partial charge in [-0.1, -0.05) is 58.8 Å². The van der Waals surface area contributed by atoms with E-state index in [1.54, 1.807) is 0 Å². The van der Waals surface area contributed by atoms with Crippen molar-refractivity contribution in [2.24, 2.45) is 5.92 Å². The Morgan fingerprint density at radius 2 is 1.84 bits per heavy atom. The minimum Gasteiger partial charge on any atom is -0.376 e. The summed E-state index contributed by atoms with van der Waals surface area (Å²) in [4.78, 5) is 0. The molecule has 1 aliphatic carbocycles. The molecule has 0 heterocycles. The molecule has 1 fully saturated rings. The van der Waals surface area contributed by atoms with E-state index in [1.807, 2.05) is 0 Å². The van der Waals surface area contributed by atoms with E-state index >= 15 is 0 Å². The van der Waals surface area contributed by atoms with Crippen LogP contribution in [0.25, 0.3) is 0 Å². The zero-order valence-electron chi connectivity index (χ0n) is 13.4. The smallest absolute Gasteiger partial charge is 0.0728 e. The van der Waals surface area contributed by atoms with Crippen molar-refractivity contribution in [1.82, 2.24) is 5.32 Å². The lowest BCUT2D eigenvalue weighted by Gasteiger charge is -2.30. The minimum absolute atomic E-state index is 0.445. The van der Waals surface area contributed by atoms with Gasteiger partial charge in [0.1, 0.15) is 0 Å². The van der Waals surface area contributed by atoms with E-state index in [-0.39, 0.29) is 0 Å². The third-order valence-electron chi connectivity index (χ3n) is 4.66. The third kappa shape index (κ3) is 6.76. The van der Waals surface area contributed by atoms with Crippen LogP contribution in [0.5, 0.6) is 0 Å². The Kier molecular flexibility index (Phi) is 9.54. The van der Waals surface area contributed by atoms with Crippen molar-refractivity contribution in [2.45, 2.75) is 90.2 Å². The quantitative estimate of drug-likeness (QED) is 0.699. The van der Waals surface area contributed by atoms with Crippen molar-refractivity contribution < 1.29 is 4.74 Å². The van der Waals surface area contributed by atoms with Crippen LogP contribution in [0.3, 0.4) is 0 Å². The minimum atomic E-state index is 0.445. The molecule has 1 saturated carbocycles. The molecule has 0 amide bonds. The second kappa shape index (κ2) is 10.7. The molecule has 0 saturated heterocycles. The highest BCUT2D eigenvalue weighted by Crippen LogP contribution is 2.22. The Morgan fingerprint density at radius 1 is 1.11 bits per heavy atom. The SMILES string of the molecule is CCCCC(CC)COC1CCCCCCC1NC. The van der Waals surface area contributed by atoms with Crippen LogP contribution in [0, 0.1) is 5.92 Å². The largest absolute Gasteiger partial charge is 0.376 e. The van der Waals surface area contributed by atoms with Crippen LogP contribution in [0.2, 0.25) is 0 Å². The molecule has 0 aromatic carbocycles. The van der Waals surface area contributed by atoms with Gasteiger partial charge in [-0.05, 0) is 32.2 Å². The molecule has 3 atom stereocenters. The Hall–Kier alpha value is -0.0800. The monoisotopic (exact) mass is 269 g/mol. The van der Waals surface area contributed by atoms with Gasteiger partial charge in [0, 0.05) is 12.6 Å². The van der Waals surface area contributed by atoms with E-state index < -0.39 is 0 Å². The van der Waals surface area contributed by atoms with Crippen molar-refractivity contribution in [3.8, 4) is 0 Å². The van der Waals surface area contributed by atoms with Gasteiger partial charge in [0.05, 0.1) is 6.10 Å². The van der Waals surface area contributed by atoms with Gasteiger partial charge in [0.25, 0.3) is 0 Å². The molecule has 1 N–H and O–H groups in total. The highest BCUT2D eigenvalue weighted by molar-refractivity contribution is 4.78. The zero-order chi connectivity index (χ0) is 13.9. The molecule has 0 spiro atoms. The number of unbranched alkanes of at least 4 members (excludes halogenated alkanes) is 1. The Labute approximate surface area is 120 Å². The van der Waals surface area contributed by atoms with E-state index in [1.165, 1.54) is 64.2 Å². The molecule has 0 aliphatic heterocycles. The molecule has 0 aromatic rings. The van der Waals surface area contributed by atoms with Crippen molar-refractivity contribution in [3.63, 3.8) is 0 Å². The summed E-state index contributed by atoms with van der Waals surface area (Å²) >= 11 is 0. The number of hydrogen-bond acceptors (Lipinski definition) is 2. The average Bonchev–Trinajstić information content (AvgIpc) is 2.41. The lowest BCUT2D eigenvalue weighted by Crippen LogP contribution is -2.40. The van der Waals surface area contributed by atoms with Gasteiger partial charge in [-0.3, -0.25) is 0 Å². The maximum Gasteiger partial charge on any atom is 0.0728 e. The first-order valence-electron chi connectivity index (χ1n) is 8.60. The molecule has 1 aliphatic rings. The Balaban J connectivity index is 2.36. The molecule has 2 heteroatoms. The highest BCUT2D eigenvalue weighted by Gasteiger charge is 2.22. The molecule has 19 heavy (non-hydrogen) atoms. The van der Waals surface area contributed by atoms with Crippen LogP contribution in [0.15, 0.2) is 0 Å². The third-order valence-corrected chi connectivity index (χ3v) is 4.66. The molecule has 0 radical (unpaired) electrons. The van der Waals surface area contributed by atoms with Crippen LogP contribution in [-0.4, -0.2) is 25.8 Å². The predicted molar refractivity (Wildman–Crippen MR) is 83.6 cm³/mol. The van der Waals surface area contributed by atoms with Gasteiger partial charge < -0.3 is 10.1 Å². The van der Waals surface area contributed by atoms with Gasteiger partial charge >= 0.3 is 0 Å². The second-order valence-corrected chi connectivity index (χ2v) is 6.18. The number of hydrogen-bond donors (Lipinski definition) is 1. The molecule has 2 nitrogen and oxygen atoms in total. The fourth-order valence-electron chi connectivity index (χ4n) is 3.14. The van der Waals surface area contributed by atoms with Gasteiger partial charge in [0.15, 0.2) is 0 Å². The summed E-state index contributed by atoms with van der Waals surface area (Å²) in [5, 5.41) is 3.48. The summed E-state index contributed by atoms with van der Waals surface area (Å²) in [7, 11) is 2.09. The maximum atomic E-state index is 6.31. The molecular weight excluding hydrogens is 234 g/mol. The summed E-state index contributed by atoms with van der Waals surface area (Å²) in [6.07, 6.45) is 13.7. The molecule has 1 rings (SSSR count). The highest BCUT2D eigenvalue weighted by atomic mass is 16.5. The summed E-state index contributed by atoms with van der Waals surface area (Å²) in [5.41, 5.74) is 0. The first kappa shape index (κ1) is 17.0. The summed E-state index contributed by atoms with van der Waals surface area (Å²) in [6.45, 7) is 5.55. The fourth-order valence-corrected chi connectivity index (χ4v) is 3.14. The van der Waals surface area contributed by atoms with Crippen molar-refractivity contribution in [2.75, 3.05) is 13.7 Å². The summed E-state index contributed by atoms with van der Waals surface area (Å²) in [5.74, 6) is 0.767. The van der Waals surface area contributed by atoms with Crippen molar-refractivity contribution in [1.29, 1.82) is 0 Å². The summed E-state index contributed by atoms with van der Waals surface area (Å²) < 4.78 is 6.31. The van der Waals surface area contributed by atoms with E-state index in [4.69, 9.17) is 4.74 Å². The summed E-state index contributed by atoms with van der Waals surface area (Å²) in [6, 6.07) is 0.573. The van der Waals surface area contributed by atoms with E-state index in [9.17, 15) is 0 Å². The van der Waals surface area contributed by atoms with Crippen molar-refractivity contribution >= 4 is 0 Å². The molecule has 0 aromatic heterocycles. The van der Waals surface area contributed by atoms with Crippen LogP contribution in [0.4, 0.5) is 0 Å². The Bertz CT molecular complexity index is 207. The number of likely N-dealkylation sites (N-methyl/N-ethyl adjacent to an activating group) is 1. The van der Waals surface area contributed by atoms with Crippen LogP contribution in [0.1, 0.15) is 78.1 Å². The molecule has 3 unspecified atom stereocenters. The van der Waals surface area contributed by atoms with Gasteiger partial charge in [-0.25, -0.2) is 0 Å². The predicted octanol–water partition coefficient (Wildman–Crippen LogP) is 4.53. The van der Waals surface area contributed by atoms with Gasteiger partial charge in [-0.15, -0.1) is 0 Å². The first-order chi connectivity index (χ1) is 9.31. The fraction of sp³-hybridized carbons (Fsp3) is 1.00. The van der Waals surface area contributed by atoms with Crippen molar-refractivity contribution in [3.05, 3.63) is 0 Å². The lowest BCUT2D eigenvalue weighted by molar-refractivity contribution is -0.00589. The van der Waals surface area contributed by atoms with E-state index in [2.05, 4.69) is 26.2 Å². The number of ether oxygens (including phenoxy) is 1. The van der Waals surface area contributed by atoms with E-state index in [0.29, 0.717) is 12.1 Å². The van der Waals surface area contributed by atoms with Crippen LogP contribution < -0.4 is 5.32 Å². The lowest BCUT2D eigenvalue weighted by atomic mass is 9.94. The molecule has 0 bridgehead atoms. The first-order valence-corrected chi connectivity index (χ1v) is 8.60. The molecule has 114 valence electrons. The number of nitrogens with one attached hydrogen (secondary N) is 1. The van der Waals surface area contributed by atoms with E-state index in [0.717, 1.165) is 12.5 Å². The second-order valence-electron chi connectivity index (χ2n) is 6.18.